The number of nitrogens with one attached hydrogen (secondary N) is 2. The minimum atomic E-state index is 1.12. The summed E-state index contributed by atoms with van der Waals surface area (Å²) in [6.07, 6.45) is 7.27. The van der Waals surface area contributed by atoms with Gasteiger partial charge in [0.25, 0.3) is 0 Å². The van der Waals surface area contributed by atoms with Crippen molar-refractivity contribution in [3.05, 3.63) is 107 Å². The predicted octanol–water partition coefficient (Wildman–Crippen LogP) is 10.1. The average Bonchev–Trinajstić information content (AvgIpc) is 2.89. The van der Waals surface area contributed by atoms with Gasteiger partial charge in [0, 0.05) is 22.7 Å². The first-order valence-corrected chi connectivity index (χ1v) is 13.5. The van der Waals surface area contributed by atoms with Crippen LogP contribution in [0.2, 0.25) is 0 Å². The van der Waals surface area contributed by atoms with E-state index in [0.717, 1.165) is 35.6 Å². The molecule has 0 aliphatic carbocycles. The molecule has 0 saturated carbocycles. The maximum Gasteiger partial charge on any atom is 0.0387 e. The summed E-state index contributed by atoms with van der Waals surface area (Å²) in [5.74, 6) is 0. The number of anilines is 4. The zero-order valence-electron chi connectivity index (χ0n) is 22.3. The first-order chi connectivity index (χ1) is 17.6. The Kier molecular flexibility index (Phi) is 8.84. The lowest BCUT2D eigenvalue weighted by Crippen LogP contribution is -1.95. The van der Waals surface area contributed by atoms with E-state index >= 15 is 0 Å². The first kappa shape index (κ1) is 25.6. The summed E-state index contributed by atoms with van der Waals surface area (Å²) >= 11 is 0. The van der Waals surface area contributed by atoms with Gasteiger partial charge in [-0.15, -0.1) is 0 Å². The highest BCUT2D eigenvalue weighted by Gasteiger charge is 2.08. The predicted molar refractivity (Wildman–Crippen MR) is 158 cm³/mol. The molecule has 0 unspecified atom stereocenters. The number of hydrogen-bond acceptors (Lipinski definition) is 2. The molecule has 0 aromatic heterocycles. The van der Waals surface area contributed by atoms with Gasteiger partial charge in [0.15, 0.2) is 0 Å². The second-order valence-electron chi connectivity index (χ2n) is 9.91. The van der Waals surface area contributed by atoms with Crippen molar-refractivity contribution in [1.82, 2.24) is 0 Å². The third kappa shape index (κ3) is 6.79. The number of unbranched alkanes of at least 4 members (excludes halogenated alkanes) is 2. The molecule has 0 aliphatic rings. The Morgan fingerprint density at radius 1 is 0.472 bits per heavy atom. The number of aryl methyl sites for hydroxylation is 4. The molecule has 4 rings (SSSR count). The molecule has 0 spiro atoms. The van der Waals surface area contributed by atoms with Crippen LogP contribution in [0.25, 0.3) is 11.1 Å². The second kappa shape index (κ2) is 12.4. The van der Waals surface area contributed by atoms with Gasteiger partial charge in [0.05, 0.1) is 0 Å². The summed E-state index contributed by atoms with van der Waals surface area (Å²) in [4.78, 5) is 0. The first-order valence-electron chi connectivity index (χ1n) is 13.5. The fourth-order valence-electron chi connectivity index (χ4n) is 4.69. The molecule has 0 atom stereocenters. The summed E-state index contributed by atoms with van der Waals surface area (Å²) in [6.45, 7) is 8.87. The molecule has 0 fully saturated rings. The van der Waals surface area contributed by atoms with E-state index in [1.807, 2.05) is 0 Å². The summed E-state index contributed by atoms with van der Waals surface area (Å²) in [6, 6.07) is 31.0. The average molecular weight is 477 g/mol. The van der Waals surface area contributed by atoms with Gasteiger partial charge < -0.3 is 10.6 Å². The lowest BCUT2D eigenvalue weighted by Gasteiger charge is -2.15. The van der Waals surface area contributed by atoms with Crippen molar-refractivity contribution in [1.29, 1.82) is 0 Å². The molecule has 0 saturated heterocycles. The highest BCUT2D eigenvalue weighted by atomic mass is 14.9. The topological polar surface area (TPSA) is 24.1 Å². The number of rotatable bonds is 11. The lowest BCUT2D eigenvalue weighted by molar-refractivity contribution is 0.795. The van der Waals surface area contributed by atoms with E-state index in [4.69, 9.17) is 0 Å². The van der Waals surface area contributed by atoms with Gasteiger partial charge in [-0.05, 0) is 121 Å². The third-order valence-corrected chi connectivity index (χ3v) is 6.87. The molecule has 0 aliphatic heterocycles. The molecule has 4 aromatic rings. The van der Waals surface area contributed by atoms with Crippen molar-refractivity contribution in [2.75, 3.05) is 10.6 Å². The van der Waals surface area contributed by atoms with Crippen molar-refractivity contribution in [3.63, 3.8) is 0 Å². The molecular formula is C34H40N2. The Balaban J connectivity index is 1.43. The minimum absolute atomic E-state index is 1.12. The molecule has 186 valence electrons. The van der Waals surface area contributed by atoms with Crippen molar-refractivity contribution in [2.45, 2.75) is 66.2 Å². The molecule has 0 radical (unpaired) electrons. The zero-order chi connectivity index (χ0) is 25.3. The van der Waals surface area contributed by atoms with E-state index < -0.39 is 0 Å². The van der Waals surface area contributed by atoms with Crippen LogP contribution in [0, 0.1) is 13.8 Å². The van der Waals surface area contributed by atoms with Crippen LogP contribution in [0.3, 0.4) is 0 Å². The second-order valence-corrected chi connectivity index (χ2v) is 9.91. The van der Waals surface area contributed by atoms with Crippen LogP contribution in [-0.2, 0) is 12.8 Å². The molecule has 36 heavy (non-hydrogen) atoms. The van der Waals surface area contributed by atoms with E-state index in [-0.39, 0.29) is 0 Å². The fraction of sp³-hybridized carbons (Fsp3) is 0.294. The van der Waals surface area contributed by atoms with Crippen LogP contribution in [0.15, 0.2) is 84.9 Å². The Morgan fingerprint density at radius 2 is 0.833 bits per heavy atom. The normalized spacial score (nSPS) is 10.9. The molecular weight excluding hydrogens is 436 g/mol. The highest BCUT2D eigenvalue weighted by Crippen LogP contribution is 2.32. The Bertz CT molecular complexity index is 1150. The Labute approximate surface area is 217 Å². The largest absolute Gasteiger partial charge is 0.356 e. The van der Waals surface area contributed by atoms with E-state index in [2.05, 4.69) is 123 Å². The summed E-state index contributed by atoms with van der Waals surface area (Å²) in [5.41, 5.74) is 12.4. The molecule has 0 heterocycles. The van der Waals surface area contributed by atoms with Crippen LogP contribution in [-0.4, -0.2) is 0 Å². The summed E-state index contributed by atoms with van der Waals surface area (Å²) in [7, 11) is 0. The molecule has 2 nitrogen and oxygen atoms in total. The SMILES string of the molecule is CCCCc1ccc(Nc2ccc(-c3ccc(Nc4ccc(CCCC)cc4)cc3C)c(C)c2)cc1. The van der Waals surface area contributed by atoms with E-state index in [0.29, 0.717) is 0 Å². The molecule has 4 aromatic carbocycles. The number of benzene rings is 4. The zero-order valence-corrected chi connectivity index (χ0v) is 22.3. The van der Waals surface area contributed by atoms with E-state index in [1.165, 1.54) is 59.1 Å². The smallest absolute Gasteiger partial charge is 0.0387 e. The van der Waals surface area contributed by atoms with Crippen LogP contribution in [0.1, 0.15) is 61.8 Å². The Hall–Kier alpha value is -3.52. The van der Waals surface area contributed by atoms with Gasteiger partial charge in [0.2, 0.25) is 0 Å². The quantitative estimate of drug-likeness (QED) is 0.225. The maximum absolute atomic E-state index is 3.56. The highest BCUT2D eigenvalue weighted by molar-refractivity contribution is 5.76. The van der Waals surface area contributed by atoms with Gasteiger partial charge in [-0.2, -0.15) is 0 Å². The summed E-state index contributed by atoms with van der Waals surface area (Å²) < 4.78 is 0. The van der Waals surface area contributed by atoms with E-state index in [1.54, 1.807) is 0 Å². The van der Waals surface area contributed by atoms with Crippen molar-refractivity contribution < 1.29 is 0 Å². The molecule has 0 amide bonds. The van der Waals surface area contributed by atoms with Gasteiger partial charge in [-0.1, -0.05) is 63.1 Å². The molecule has 2 N–H and O–H groups in total. The van der Waals surface area contributed by atoms with Crippen LogP contribution in [0.4, 0.5) is 22.7 Å². The molecule has 2 heteroatoms. The van der Waals surface area contributed by atoms with Crippen LogP contribution < -0.4 is 10.6 Å². The van der Waals surface area contributed by atoms with Crippen molar-refractivity contribution >= 4 is 22.7 Å². The van der Waals surface area contributed by atoms with Gasteiger partial charge in [-0.25, -0.2) is 0 Å². The van der Waals surface area contributed by atoms with Crippen LogP contribution >= 0.6 is 0 Å². The minimum Gasteiger partial charge on any atom is -0.356 e. The summed E-state index contributed by atoms with van der Waals surface area (Å²) in [5, 5.41) is 7.13. The monoisotopic (exact) mass is 476 g/mol. The Morgan fingerprint density at radius 3 is 1.17 bits per heavy atom. The van der Waals surface area contributed by atoms with Crippen molar-refractivity contribution in [2.24, 2.45) is 0 Å². The fourth-order valence-corrected chi connectivity index (χ4v) is 4.69. The van der Waals surface area contributed by atoms with Gasteiger partial charge in [-0.3, -0.25) is 0 Å². The lowest BCUT2D eigenvalue weighted by atomic mass is 9.95. The van der Waals surface area contributed by atoms with Crippen molar-refractivity contribution in [3.8, 4) is 11.1 Å². The van der Waals surface area contributed by atoms with Gasteiger partial charge in [0.1, 0.15) is 0 Å². The molecule has 0 bridgehead atoms. The van der Waals surface area contributed by atoms with Crippen LogP contribution in [0.5, 0.6) is 0 Å². The maximum atomic E-state index is 3.56. The van der Waals surface area contributed by atoms with Gasteiger partial charge >= 0.3 is 0 Å². The van der Waals surface area contributed by atoms with E-state index in [9.17, 15) is 0 Å². The third-order valence-electron chi connectivity index (χ3n) is 6.87. The number of hydrogen-bond donors (Lipinski definition) is 2. The standard InChI is InChI=1S/C34H40N2/c1-5-7-9-27-11-15-29(16-12-27)35-31-19-21-33(25(3)23-31)34-22-20-32(24-26(34)4)36-30-17-13-28(14-18-30)10-8-6-2/h11-24,35-36H,5-10H2,1-4H3.